The SMILES string of the molecule is C=CCCCC1OC1CCOC=C. The van der Waals surface area contributed by atoms with Crippen LogP contribution in [0.3, 0.4) is 0 Å². The van der Waals surface area contributed by atoms with E-state index in [1.165, 1.54) is 12.7 Å². The molecule has 0 amide bonds. The highest BCUT2D eigenvalue weighted by molar-refractivity contribution is 4.85. The summed E-state index contributed by atoms with van der Waals surface area (Å²) in [5, 5.41) is 0. The molecule has 2 atom stereocenters. The number of ether oxygens (including phenoxy) is 2. The van der Waals surface area contributed by atoms with E-state index in [4.69, 9.17) is 9.47 Å². The third-order valence-electron chi connectivity index (χ3n) is 2.22. The normalized spacial score (nSPS) is 25.2. The third kappa shape index (κ3) is 4.13. The van der Waals surface area contributed by atoms with Crippen LogP contribution >= 0.6 is 0 Å². The van der Waals surface area contributed by atoms with Crippen LogP contribution in [0.25, 0.3) is 0 Å². The van der Waals surface area contributed by atoms with E-state index in [-0.39, 0.29) is 0 Å². The Kier molecular flexibility index (Phi) is 4.61. The number of allylic oxidation sites excluding steroid dienone is 1. The molecule has 0 N–H and O–H groups in total. The lowest BCUT2D eigenvalue weighted by Crippen LogP contribution is -1.98. The van der Waals surface area contributed by atoms with Crippen molar-refractivity contribution in [2.45, 2.75) is 37.9 Å². The van der Waals surface area contributed by atoms with Gasteiger partial charge < -0.3 is 9.47 Å². The van der Waals surface area contributed by atoms with Gasteiger partial charge in [-0.05, 0) is 19.3 Å². The lowest BCUT2D eigenvalue weighted by atomic mass is 10.1. The van der Waals surface area contributed by atoms with Gasteiger partial charge in [-0.15, -0.1) is 6.58 Å². The van der Waals surface area contributed by atoms with Crippen LogP contribution in [0.5, 0.6) is 0 Å². The molecule has 1 aliphatic heterocycles. The predicted octanol–water partition coefficient (Wildman–Crippen LogP) is 2.66. The largest absolute Gasteiger partial charge is 0.502 e. The second kappa shape index (κ2) is 5.81. The summed E-state index contributed by atoms with van der Waals surface area (Å²) in [6.45, 7) is 7.90. The van der Waals surface area contributed by atoms with Gasteiger partial charge in [0.2, 0.25) is 0 Å². The Labute approximate surface area is 80.2 Å². The summed E-state index contributed by atoms with van der Waals surface area (Å²) < 4.78 is 10.5. The average molecular weight is 182 g/mol. The van der Waals surface area contributed by atoms with Gasteiger partial charge in [-0.3, -0.25) is 0 Å². The van der Waals surface area contributed by atoms with E-state index in [0.717, 1.165) is 25.9 Å². The number of epoxide rings is 1. The van der Waals surface area contributed by atoms with E-state index in [9.17, 15) is 0 Å². The van der Waals surface area contributed by atoms with Gasteiger partial charge in [0.05, 0.1) is 25.1 Å². The Hall–Kier alpha value is -0.760. The zero-order valence-corrected chi connectivity index (χ0v) is 8.08. The van der Waals surface area contributed by atoms with Crippen molar-refractivity contribution in [3.05, 3.63) is 25.5 Å². The monoisotopic (exact) mass is 182 g/mol. The second-order valence-corrected chi connectivity index (χ2v) is 3.26. The van der Waals surface area contributed by atoms with Crippen LogP contribution in [-0.2, 0) is 9.47 Å². The topological polar surface area (TPSA) is 21.8 Å². The van der Waals surface area contributed by atoms with Crippen molar-refractivity contribution in [2.24, 2.45) is 0 Å². The van der Waals surface area contributed by atoms with Crippen LogP contribution in [0.15, 0.2) is 25.5 Å². The fourth-order valence-corrected chi connectivity index (χ4v) is 1.42. The summed E-state index contributed by atoms with van der Waals surface area (Å²) in [6, 6.07) is 0. The molecule has 2 nitrogen and oxygen atoms in total. The van der Waals surface area contributed by atoms with E-state index >= 15 is 0 Å². The first kappa shape index (κ1) is 10.3. The molecule has 2 unspecified atom stereocenters. The van der Waals surface area contributed by atoms with E-state index in [1.807, 2.05) is 6.08 Å². The molecule has 0 aromatic rings. The van der Waals surface area contributed by atoms with E-state index in [2.05, 4.69) is 13.2 Å². The molecule has 13 heavy (non-hydrogen) atoms. The zero-order chi connectivity index (χ0) is 9.52. The minimum atomic E-state index is 0.435. The Morgan fingerprint density at radius 2 is 2.00 bits per heavy atom. The highest BCUT2D eigenvalue weighted by Gasteiger charge is 2.37. The van der Waals surface area contributed by atoms with Crippen LogP contribution in [0.4, 0.5) is 0 Å². The fraction of sp³-hybridized carbons (Fsp3) is 0.636. The van der Waals surface area contributed by atoms with Crippen LogP contribution in [0, 0.1) is 0 Å². The van der Waals surface area contributed by atoms with Crippen LogP contribution < -0.4 is 0 Å². The van der Waals surface area contributed by atoms with Crippen molar-refractivity contribution in [2.75, 3.05) is 6.61 Å². The maximum Gasteiger partial charge on any atom is 0.0898 e. The average Bonchev–Trinajstić information content (AvgIpc) is 2.85. The third-order valence-corrected chi connectivity index (χ3v) is 2.22. The molecule has 0 aliphatic carbocycles. The summed E-state index contributed by atoms with van der Waals surface area (Å²) in [6.07, 6.45) is 8.78. The highest BCUT2D eigenvalue weighted by atomic mass is 16.6. The van der Waals surface area contributed by atoms with Crippen molar-refractivity contribution in [1.29, 1.82) is 0 Å². The van der Waals surface area contributed by atoms with Crippen LogP contribution in [-0.4, -0.2) is 18.8 Å². The molecule has 1 aliphatic rings. The van der Waals surface area contributed by atoms with Crippen molar-refractivity contribution >= 4 is 0 Å². The van der Waals surface area contributed by atoms with Crippen molar-refractivity contribution in [1.82, 2.24) is 0 Å². The van der Waals surface area contributed by atoms with Crippen molar-refractivity contribution in [3.63, 3.8) is 0 Å². The first-order valence-electron chi connectivity index (χ1n) is 4.87. The second-order valence-electron chi connectivity index (χ2n) is 3.26. The number of hydrogen-bond donors (Lipinski definition) is 0. The van der Waals surface area contributed by atoms with Crippen LogP contribution in [0.2, 0.25) is 0 Å². The molecular formula is C11H18O2. The lowest BCUT2D eigenvalue weighted by Gasteiger charge is -1.96. The van der Waals surface area contributed by atoms with Gasteiger partial charge in [0.15, 0.2) is 0 Å². The molecule has 0 aromatic heterocycles. The molecular weight excluding hydrogens is 164 g/mol. The summed E-state index contributed by atoms with van der Waals surface area (Å²) in [4.78, 5) is 0. The summed E-state index contributed by atoms with van der Waals surface area (Å²) in [5.74, 6) is 0. The number of hydrogen-bond acceptors (Lipinski definition) is 2. The molecule has 0 spiro atoms. The van der Waals surface area contributed by atoms with Crippen molar-refractivity contribution < 1.29 is 9.47 Å². The quantitative estimate of drug-likeness (QED) is 0.249. The molecule has 1 heterocycles. The smallest absolute Gasteiger partial charge is 0.0898 e. The van der Waals surface area contributed by atoms with Crippen molar-refractivity contribution in [3.8, 4) is 0 Å². The zero-order valence-electron chi connectivity index (χ0n) is 8.08. The predicted molar refractivity (Wildman–Crippen MR) is 53.5 cm³/mol. The van der Waals surface area contributed by atoms with E-state index < -0.39 is 0 Å². The molecule has 0 bridgehead atoms. The summed E-state index contributed by atoms with van der Waals surface area (Å²) in [5.41, 5.74) is 0. The Balaban J connectivity index is 1.90. The molecule has 0 aromatic carbocycles. The van der Waals surface area contributed by atoms with Gasteiger partial charge >= 0.3 is 0 Å². The van der Waals surface area contributed by atoms with Crippen LogP contribution in [0.1, 0.15) is 25.7 Å². The number of rotatable bonds is 8. The fourth-order valence-electron chi connectivity index (χ4n) is 1.42. The highest BCUT2D eigenvalue weighted by Crippen LogP contribution is 2.29. The maximum absolute atomic E-state index is 5.46. The van der Waals surface area contributed by atoms with Gasteiger partial charge in [0.25, 0.3) is 0 Å². The van der Waals surface area contributed by atoms with E-state index in [0.29, 0.717) is 12.2 Å². The summed E-state index contributed by atoms with van der Waals surface area (Å²) in [7, 11) is 0. The first-order valence-corrected chi connectivity index (χ1v) is 4.87. The first-order chi connectivity index (χ1) is 6.38. The molecule has 0 saturated carbocycles. The standard InChI is InChI=1S/C11H18O2/c1-3-5-6-7-10-11(13-10)8-9-12-4-2/h3-4,10-11H,1-2,5-9H2. The lowest BCUT2D eigenvalue weighted by molar-refractivity contribution is 0.229. The molecule has 1 saturated heterocycles. The molecule has 0 radical (unpaired) electrons. The molecule has 1 fully saturated rings. The Bertz CT molecular complexity index is 147. The number of unbranched alkanes of at least 4 members (excludes halogenated alkanes) is 1. The Morgan fingerprint density at radius 1 is 1.23 bits per heavy atom. The Morgan fingerprint density at radius 3 is 2.69 bits per heavy atom. The maximum atomic E-state index is 5.46. The molecule has 74 valence electrons. The minimum absolute atomic E-state index is 0.435. The van der Waals surface area contributed by atoms with Gasteiger partial charge in [0.1, 0.15) is 0 Å². The van der Waals surface area contributed by atoms with E-state index in [1.54, 1.807) is 0 Å². The minimum Gasteiger partial charge on any atom is -0.502 e. The molecule has 2 heteroatoms. The summed E-state index contributed by atoms with van der Waals surface area (Å²) >= 11 is 0. The van der Waals surface area contributed by atoms with Gasteiger partial charge in [-0.25, -0.2) is 0 Å². The van der Waals surface area contributed by atoms with Gasteiger partial charge in [-0.2, -0.15) is 0 Å². The van der Waals surface area contributed by atoms with Gasteiger partial charge in [0, 0.05) is 6.42 Å². The van der Waals surface area contributed by atoms with Gasteiger partial charge in [-0.1, -0.05) is 12.7 Å². The molecule has 1 rings (SSSR count).